The fourth-order valence-electron chi connectivity index (χ4n) is 1.72. The van der Waals surface area contributed by atoms with Crippen molar-refractivity contribution in [2.75, 3.05) is 0 Å². The zero-order valence-corrected chi connectivity index (χ0v) is 11.4. The highest BCUT2D eigenvalue weighted by Crippen LogP contribution is 2.12. The molecule has 0 saturated carbocycles. The molecule has 0 aliphatic heterocycles. The summed E-state index contributed by atoms with van der Waals surface area (Å²) in [7, 11) is 0. The molecule has 2 aromatic rings. The maximum Gasteiger partial charge on any atom is 0.262 e. The zero-order chi connectivity index (χ0) is 15.1. The molecule has 1 atom stereocenters. The van der Waals surface area contributed by atoms with Crippen LogP contribution in [0, 0.1) is 11.3 Å². The highest BCUT2D eigenvalue weighted by Gasteiger charge is 2.13. The van der Waals surface area contributed by atoms with Gasteiger partial charge < -0.3 is 5.32 Å². The van der Waals surface area contributed by atoms with E-state index >= 15 is 0 Å². The van der Waals surface area contributed by atoms with Crippen molar-refractivity contribution in [1.29, 1.82) is 5.26 Å². The van der Waals surface area contributed by atoms with Crippen molar-refractivity contribution in [3.8, 4) is 6.07 Å². The van der Waals surface area contributed by atoms with Crippen molar-refractivity contribution in [3.05, 3.63) is 59.7 Å². The highest BCUT2D eigenvalue weighted by atomic mass is 16.1. The number of carbonyl (C=O) groups is 1. The molecule has 6 nitrogen and oxygen atoms in total. The Labute approximate surface area is 122 Å². The Morgan fingerprint density at radius 1 is 1.38 bits per heavy atom. The second-order valence-corrected chi connectivity index (χ2v) is 4.31. The van der Waals surface area contributed by atoms with Crippen LogP contribution >= 0.6 is 0 Å². The van der Waals surface area contributed by atoms with Crippen LogP contribution in [0.25, 0.3) is 6.08 Å². The Kier molecular flexibility index (Phi) is 4.72. The number of rotatable bonds is 4. The maximum atomic E-state index is 12.1. The van der Waals surface area contributed by atoms with Gasteiger partial charge in [-0.25, -0.2) is 4.98 Å². The van der Waals surface area contributed by atoms with Crippen LogP contribution < -0.4 is 5.32 Å². The number of benzene rings is 1. The SMILES string of the molecule is CC(NC(=O)/C(C#N)=C/c1cncnn1)c1ccccc1. The number of nitrogens with one attached hydrogen (secondary N) is 1. The number of nitriles is 1. The molecule has 0 aliphatic carbocycles. The van der Waals surface area contributed by atoms with Crippen LogP contribution in [-0.4, -0.2) is 21.1 Å². The lowest BCUT2D eigenvalue weighted by molar-refractivity contribution is -0.117. The van der Waals surface area contributed by atoms with Gasteiger partial charge in [0, 0.05) is 0 Å². The van der Waals surface area contributed by atoms with E-state index in [-0.39, 0.29) is 11.6 Å². The average Bonchev–Trinajstić information content (AvgIpc) is 2.54. The largest absolute Gasteiger partial charge is 0.345 e. The van der Waals surface area contributed by atoms with E-state index in [9.17, 15) is 4.79 Å². The first kappa shape index (κ1) is 14.3. The molecule has 21 heavy (non-hydrogen) atoms. The number of hydrogen-bond acceptors (Lipinski definition) is 5. The summed E-state index contributed by atoms with van der Waals surface area (Å²) in [6, 6.07) is 11.2. The summed E-state index contributed by atoms with van der Waals surface area (Å²) in [5, 5.41) is 19.2. The van der Waals surface area contributed by atoms with E-state index in [2.05, 4.69) is 20.5 Å². The minimum absolute atomic E-state index is 0.0416. The predicted octanol–water partition coefficient (Wildman–Crippen LogP) is 1.66. The summed E-state index contributed by atoms with van der Waals surface area (Å²) in [4.78, 5) is 15.9. The third-order valence-electron chi connectivity index (χ3n) is 2.80. The first-order valence-corrected chi connectivity index (χ1v) is 6.31. The van der Waals surface area contributed by atoms with Crippen LogP contribution in [0.4, 0.5) is 0 Å². The van der Waals surface area contributed by atoms with Crippen LogP contribution in [0.15, 0.2) is 48.4 Å². The van der Waals surface area contributed by atoms with Crippen LogP contribution in [0.5, 0.6) is 0 Å². The monoisotopic (exact) mass is 279 g/mol. The molecule has 1 heterocycles. The van der Waals surface area contributed by atoms with E-state index < -0.39 is 5.91 Å². The Morgan fingerprint density at radius 2 is 2.14 bits per heavy atom. The quantitative estimate of drug-likeness (QED) is 0.678. The van der Waals surface area contributed by atoms with Crippen molar-refractivity contribution < 1.29 is 4.79 Å². The van der Waals surface area contributed by atoms with Gasteiger partial charge in [-0.15, -0.1) is 10.2 Å². The second-order valence-electron chi connectivity index (χ2n) is 4.31. The van der Waals surface area contributed by atoms with Gasteiger partial charge in [-0.1, -0.05) is 30.3 Å². The van der Waals surface area contributed by atoms with E-state index in [1.165, 1.54) is 18.6 Å². The van der Waals surface area contributed by atoms with Crippen LogP contribution in [0.1, 0.15) is 24.2 Å². The van der Waals surface area contributed by atoms with Gasteiger partial charge in [0.25, 0.3) is 5.91 Å². The highest BCUT2D eigenvalue weighted by molar-refractivity contribution is 6.01. The van der Waals surface area contributed by atoms with Crippen molar-refractivity contribution in [2.24, 2.45) is 0 Å². The number of carbonyl (C=O) groups excluding carboxylic acids is 1. The molecule has 104 valence electrons. The Morgan fingerprint density at radius 3 is 2.76 bits per heavy atom. The number of amides is 1. The molecule has 0 spiro atoms. The molecule has 1 N–H and O–H groups in total. The summed E-state index contributed by atoms with van der Waals surface area (Å²) in [6.45, 7) is 1.85. The third-order valence-corrected chi connectivity index (χ3v) is 2.80. The zero-order valence-electron chi connectivity index (χ0n) is 11.4. The van der Waals surface area contributed by atoms with Gasteiger partial charge in [0.05, 0.1) is 12.2 Å². The normalized spacial score (nSPS) is 12.3. The van der Waals surface area contributed by atoms with Crippen molar-refractivity contribution in [2.45, 2.75) is 13.0 Å². The standard InChI is InChI=1S/C15H13N5O/c1-11(12-5-3-2-4-6-12)19-15(21)13(8-16)7-14-9-17-10-18-20-14/h2-7,9-11H,1H3,(H,19,21)/b13-7+. The van der Waals surface area contributed by atoms with Crippen LogP contribution in [0.2, 0.25) is 0 Å². The smallest absolute Gasteiger partial charge is 0.262 e. The van der Waals surface area contributed by atoms with E-state index in [1.54, 1.807) is 0 Å². The van der Waals surface area contributed by atoms with Crippen molar-refractivity contribution in [1.82, 2.24) is 20.5 Å². The lowest BCUT2D eigenvalue weighted by atomic mass is 10.1. The van der Waals surface area contributed by atoms with Gasteiger partial charge in [0.2, 0.25) is 0 Å². The minimum Gasteiger partial charge on any atom is -0.345 e. The lowest BCUT2D eigenvalue weighted by Crippen LogP contribution is -2.27. The number of aromatic nitrogens is 3. The summed E-state index contributed by atoms with van der Waals surface area (Å²) in [6.07, 6.45) is 4.06. The van der Waals surface area contributed by atoms with Crippen molar-refractivity contribution in [3.63, 3.8) is 0 Å². The van der Waals surface area contributed by atoms with Gasteiger partial charge in [-0.2, -0.15) is 5.26 Å². The first-order chi connectivity index (χ1) is 10.2. The van der Waals surface area contributed by atoms with Crippen LogP contribution in [-0.2, 0) is 4.79 Å². The fourth-order valence-corrected chi connectivity index (χ4v) is 1.72. The molecule has 1 amide bonds. The topological polar surface area (TPSA) is 91.6 Å². The number of nitrogens with zero attached hydrogens (tertiary/aromatic N) is 4. The van der Waals surface area contributed by atoms with E-state index in [0.717, 1.165) is 5.56 Å². The van der Waals surface area contributed by atoms with Crippen molar-refractivity contribution >= 4 is 12.0 Å². The Bertz CT molecular complexity index is 676. The van der Waals surface area contributed by atoms with Gasteiger partial charge in [-0.3, -0.25) is 4.79 Å². The molecule has 0 radical (unpaired) electrons. The van der Waals surface area contributed by atoms with Gasteiger partial charge >= 0.3 is 0 Å². The fraction of sp³-hybridized carbons (Fsp3) is 0.133. The van der Waals surface area contributed by atoms with E-state index in [4.69, 9.17) is 5.26 Å². The van der Waals surface area contributed by atoms with Gasteiger partial charge in [0.1, 0.15) is 23.7 Å². The summed E-state index contributed by atoms with van der Waals surface area (Å²) >= 11 is 0. The molecule has 1 unspecified atom stereocenters. The lowest BCUT2D eigenvalue weighted by Gasteiger charge is -2.13. The molecule has 0 aliphatic rings. The first-order valence-electron chi connectivity index (χ1n) is 6.31. The predicted molar refractivity (Wildman–Crippen MR) is 76.4 cm³/mol. The molecule has 0 fully saturated rings. The maximum absolute atomic E-state index is 12.1. The summed E-state index contributed by atoms with van der Waals surface area (Å²) in [5.41, 5.74) is 1.28. The number of hydrogen-bond donors (Lipinski definition) is 1. The molecule has 1 aromatic heterocycles. The third kappa shape index (κ3) is 3.94. The molecule has 0 saturated heterocycles. The van der Waals surface area contributed by atoms with Gasteiger partial charge in [-0.05, 0) is 18.6 Å². The van der Waals surface area contributed by atoms with E-state index in [1.807, 2.05) is 43.3 Å². The average molecular weight is 279 g/mol. The molecule has 6 heteroatoms. The minimum atomic E-state index is -0.459. The summed E-state index contributed by atoms with van der Waals surface area (Å²) in [5.74, 6) is -0.459. The Balaban J connectivity index is 2.11. The molecular formula is C15H13N5O. The second kappa shape index (κ2) is 6.91. The van der Waals surface area contributed by atoms with Crippen LogP contribution in [0.3, 0.4) is 0 Å². The van der Waals surface area contributed by atoms with Gasteiger partial charge in [0.15, 0.2) is 0 Å². The van der Waals surface area contributed by atoms with E-state index in [0.29, 0.717) is 5.69 Å². The Hall–Kier alpha value is -3.07. The molecule has 1 aromatic carbocycles. The molecule has 2 rings (SSSR count). The molecular weight excluding hydrogens is 266 g/mol. The summed E-state index contributed by atoms with van der Waals surface area (Å²) < 4.78 is 0. The molecule has 0 bridgehead atoms.